The zero-order valence-corrected chi connectivity index (χ0v) is 26.9. The molecule has 11 heteroatoms. The average molecular weight is 652 g/mol. The van der Waals surface area contributed by atoms with Crippen molar-refractivity contribution in [2.75, 3.05) is 36.7 Å². The number of nitrogens with zero attached hydrogens (tertiary/aromatic N) is 3. The van der Waals surface area contributed by atoms with E-state index in [0.29, 0.717) is 61.0 Å². The van der Waals surface area contributed by atoms with Crippen LogP contribution in [0.1, 0.15) is 29.4 Å². The number of carbonyl (C=O) groups excluding carboxylic acids is 1. The quantitative estimate of drug-likeness (QED) is 0.199. The number of carbonyl (C=O) groups is 1. The highest BCUT2D eigenvalue weighted by atomic mass is 32.2. The average Bonchev–Trinajstić information content (AvgIpc) is 3.37. The summed E-state index contributed by atoms with van der Waals surface area (Å²) < 4.78 is 37.6. The second-order valence-electron chi connectivity index (χ2n) is 11.3. The van der Waals surface area contributed by atoms with E-state index >= 15 is 0 Å². The Morgan fingerprint density at radius 1 is 0.851 bits per heavy atom. The van der Waals surface area contributed by atoms with Gasteiger partial charge in [0.25, 0.3) is 5.91 Å². The van der Waals surface area contributed by atoms with Crippen LogP contribution < -0.4 is 20.5 Å². The fourth-order valence-corrected chi connectivity index (χ4v) is 6.92. The van der Waals surface area contributed by atoms with Crippen molar-refractivity contribution in [3.63, 3.8) is 0 Å². The molecule has 1 fully saturated rings. The Kier molecular flexibility index (Phi) is 9.55. The molecule has 0 aliphatic carbocycles. The Balaban J connectivity index is 1.55. The number of imidazole rings is 1. The lowest BCUT2D eigenvalue weighted by atomic mass is 10.1. The van der Waals surface area contributed by atoms with Crippen LogP contribution >= 0.6 is 0 Å². The smallest absolute Gasteiger partial charge is 0.334 e. The van der Waals surface area contributed by atoms with Crippen molar-refractivity contribution in [3.8, 4) is 28.4 Å². The van der Waals surface area contributed by atoms with E-state index in [1.807, 2.05) is 84.9 Å². The summed E-state index contributed by atoms with van der Waals surface area (Å²) in [6, 6.07) is 32.9. The molecule has 0 atom stereocenters. The lowest BCUT2D eigenvalue weighted by Gasteiger charge is -2.28. The van der Waals surface area contributed by atoms with Crippen LogP contribution in [0.15, 0.2) is 114 Å². The third-order valence-electron chi connectivity index (χ3n) is 7.90. The van der Waals surface area contributed by atoms with Gasteiger partial charge in [-0.05, 0) is 48.4 Å². The van der Waals surface area contributed by atoms with Gasteiger partial charge in [-0.15, -0.1) is 0 Å². The molecule has 4 aromatic carbocycles. The topological polar surface area (TPSA) is 115 Å². The van der Waals surface area contributed by atoms with Gasteiger partial charge in [0.05, 0.1) is 29.4 Å². The van der Waals surface area contributed by atoms with Gasteiger partial charge in [0.1, 0.15) is 17.2 Å². The van der Waals surface area contributed by atoms with Crippen LogP contribution in [0.3, 0.4) is 0 Å². The molecule has 1 aromatic heterocycles. The van der Waals surface area contributed by atoms with Gasteiger partial charge in [-0.1, -0.05) is 79.7 Å². The summed E-state index contributed by atoms with van der Waals surface area (Å²) in [6.07, 6.45) is 0.430. The first-order valence-corrected chi connectivity index (χ1v) is 17.3. The molecule has 0 saturated carbocycles. The number of anilines is 1. The van der Waals surface area contributed by atoms with E-state index in [9.17, 15) is 18.0 Å². The highest BCUT2D eigenvalue weighted by Crippen LogP contribution is 2.32. The molecule has 47 heavy (non-hydrogen) atoms. The molecule has 1 aliphatic rings. The van der Waals surface area contributed by atoms with Crippen molar-refractivity contribution < 1.29 is 17.9 Å². The van der Waals surface area contributed by atoms with Gasteiger partial charge < -0.3 is 15.0 Å². The van der Waals surface area contributed by atoms with Crippen molar-refractivity contribution in [2.45, 2.75) is 19.9 Å². The fraction of sp³-hybridized carbons (Fsp3) is 0.222. The fourth-order valence-electron chi connectivity index (χ4n) is 5.77. The number of piperazine rings is 1. The zero-order valence-electron chi connectivity index (χ0n) is 26.1. The number of sulfonamides is 1. The molecule has 0 radical (unpaired) electrons. The molecule has 10 nitrogen and oxygen atoms in total. The SMILES string of the molecule is CCCS(=O)(=O)Nc1ccccc1-n1c(-c2ccccc2)c(C(=O)N2CCNCC2)n(Cc2cccc(Oc3ccccc3)c2)c1=O. The standard InChI is InChI=1S/C36H37N5O5S/c1-2-24-47(44,45)38-31-18-9-10-19-32(31)41-33(28-13-5-3-6-14-28)34(35(42)39-22-20-37-21-23-39)40(36(41)43)26-27-12-11-17-30(25-27)46-29-15-7-4-8-16-29/h3-19,25,37-38H,2,20-24,26H2,1H3. The number of para-hydroxylation sites is 3. The summed E-state index contributed by atoms with van der Waals surface area (Å²) in [5, 5.41) is 3.28. The summed E-state index contributed by atoms with van der Waals surface area (Å²) in [4.78, 5) is 31.0. The number of rotatable bonds is 11. The number of hydrogen-bond donors (Lipinski definition) is 2. The molecule has 242 valence electrons. The van der Waals surface area contributed by atoms with E-state index < -0.39 is 15.7 Å². The first-order chi connectivity index (χ1) is 22.8. The Morgan fingerprint density at radius 2 is 1.51 bits per heavy atom. The van der Waals surface area contributed by atoms with Gasteiger partial charge in [0.2, 0.25) is 10.0 Å². The summed E-state index contributed by atoms with van der Waals surface area (Å²) in [5.74, 6) is 0.921. The van der Waals surface area contributed by atoms with Crippen LogP contribution in [-0.2, 0) is 16.6 Å². The number of hydrogen-bond acceptors (Lipinski definition) is 6. The minimum atomic E-state index is -3.69. The number of benzene rings is 4. The molecule has 5 aromatic rings. The summed E-state index contributed by atoms with van der Waals surface area (Å²) in [5.41, 5.74) is 2.11. The van der Waals surface area contributed by atoms with Crippen LogP contribution in [0.2, 0.25) is 0 Å². The van der Waals surface area contributed by atoms with Crippen molar-refractivity contribution in [1.82, 2.24) is 19.4 Å². The van der Waals surface area contributed by atoms with Crippen molar-refractivity contribution in [1.29, 1.82) is 0 Å². The molecule has 2 N–H and O–H groups in total. The molecule has 0 spiro atoms. The molecule has 0 unspecified atom stereocenters. The Morgan fingerprint density at radius 3 is 2.23 bits per heavy atom. The molecule has 1 aliphatic heterocycles. The van der Waals surface area contributed by atoms with Gasteiger partial charge in [-0.25, -0.2) is 13.2 Å². The third kappa shape index (κ3) is 7.16. The van der Waals surface area contributed by atoms with E-state index in [1.54, 1.807) is 36.1 Å². The lowest BCUT2D eigenvalue weighted by molar-refractivity contribution is 0.0725. The maximum atomic E-state index is 14.7. The van der Waals surface area contributed by atoms with Crippen LogP contribution in [0.5, 0.6) is 11.5 Å². The minimum Gasteiger partial charge on any atom is -0.457 e. The van der Waals surface area contributed by atoms with Crippen LogP contribution in [0.25, 0.3) is 16.9 Å². The third-order valence-corrected chi connectivity index (χ3v) is 9.37. The van der Waals surface area contributed by atoms with Crippen LogP contribution in [0, 0.1) is 0 Å². The van der Waals surface area contributed by atoms with Gasteiger partial charge in [-0.2, -0.15) is 0 Å². The number of amides is 1. The number of aromatic nitrogens is 2. The normalized spacial score (nSPS) is 13.3. The van der Waals surface area contributed by atoms with E-state index in [4.69, 9.17) is 4.74 Å². The zero-order chi connectivity index (χ0) is 32.8. The molecule has 6 rings (SSSR count). The first-order valence-electron chi connectivity index (χ1n) is 15.7. The second-order valence-corrected chi connectivity index (χ2v) is 13.2. The molecule has 0 bridgehead atoms. The van der Waals surface area contributed by atoms with E-state index in [1.165, 1.54) is 9.13 Å². The van der Waals surface area contributed by atoms with Crippen molar-refractivity contribution in [3.05, 3.63) is 131 Å². The van der Waals surface area contributed by atoms with Gasteiger partial charge in [0.15, 0.2) is 0 Å². The largest absolute Gasteiger partial charge is 0.457 e. The molecule has 1 amide bonds. The monoisotopic (exact) mass is 651 g/mol. The maximum Gasteiger partial charge on any atom is 0.334 e. The minimum absolute atomic E-state index is 0.0725. The van der Waals surface area contributed by atoms with Crippen molar-refractivity contribution in [2.24, 2.45) is 0 Å². The van der Waals surface area contributed by atoms with E-state index in [-0.39, 0.29) is 29.6 Å². The summed E-state index contributed by atoms with van der Waals surface area (Å²) in [7, 11) is -3.69. The van der Waals surface area contributed by atoms with E-state index in [2.05, 4.69) is 10.0 Å². The number of nitrogens with one attached hydrogen (secondary N) is 2. The summed E-state index contributed by atoms with van der Waals surface area (Å²) in [6.45, 7) is 4.11. The first kappa shape index (κ1) is 31.8. The van der Waals surface area contributed by atoms with Gasteiger partial charge in [-0.3, -0.25) is 18.7 Å². The van der Waals surface area contributed by atoms with E-state index in [0.717, 1.165) is 5.56 Å². The Bertz CT molecular complexity index is 2020. The second kappa shape index (κ2) is 14.1. The van der Waals surface area contributed by atoms with Gasteiger partial charge >= 0.3 is 5.69 Å². The molecular formula is C36H37N5O5S. The number of ether oxygens (including phenoxy) is 1. The van der Waals surface area contributed by atoms with Crippen LogP contribution in [-0.4, -0.2) is 60.3 Å². The van der Waals surface area contributed by atoms with Crippen molar-refractivity contribution >= 4 is 21.6 Å². The molecule has 1 saturated heterocycles. The van der Waals surface area contributed by atoms with Crippen LogP contribution in [0.4, 0.5) is 5.69 Å². The summed E-state index contributed by atoms with van der Waals surface area (Å²) >= 11 is 0. The Hall–Kier alpha value is -5.13. The predicted molar refractivity (Wildman–Crippen MR) is 184 cm³/mol. The molecular weight excluding hydrogens is 614 g/mol. The Labute approximate surface area is 274 Å². The highest BCUT2D eigenvalue weighted by Gasteiger charge is 2.32. The highest BCUT2D eigenvalue weighted by molar-refractivity contribution is 7.92. The maximum absolute atomic E-state index is 14.7. The molecule has 2 heterocycles. The van der Waals surface area contributed by atoms with Gasteiger partial charge in [0, 0.05) is 31.7 Å². The predicted octanol–water partition coefficient (Wildman–Crippen LogP) is 5.34. The lowest BCUT2D eigenvalue weighted by Crippen LogP contribution is -2.47.